The first-order valence-electron chi connectivity index (χ1n) is 5.86. The van der Waals surface area contributed by atoms with Gasteiger partial charge in [0.05, 0.1) is 6.61 Å². The zero-order valence-corrected chi connectivity index (χ0v) is 9.24. The Morgan fingerprint density at radius 2 is 2.47 bits per heavy atom. The van der Waals surface area contributed by atoms with Crippen molar-refractivity contribution in [1.29, 1.82) is 0 Å². The van der Waals surface area contributed by atoms with Crippen LogP contribution in [0.4, 0.5) is 0 Å². The maximum atomic E-state index is 11.4. The van der Waals surface area contributed by atoms with Crippen molar-refractivity contribution >= 4 is 5.97 Å². The highest BCUT2D eigenvalue weighted by molar-refractivity contribution is 5.83. The van der Waals surface area contributed by atoms with Gasteiger partial charge in [-0.2, -0.15) is 0 Å². The Bertz CT molecular complexity index is 302. The van der Waals surface area contributed by atoms with Gasteiger partial charge in [-0.1, -0.05) is 18.6 Å². The molecule has 0 bridgehead atoms. The molecule has 0 spiro atoms. The van der Waals surface area contributed by atoms with Gasteiger partial charge in [-0.3, -0.25) is 0 Å². The van der Waals surface area contributed by atoms with Crippen LogP contribution in [0.2, 0.25) is 0 Å². The van der Waals surface area contributed by atoms with Crippen molar-refractivity contribution in [3.05, 3.63) is 23.8 Å². The quantitative estimate of drug-likeness (QED) is 0.513. The van der Waals surface area contributed by atoms with E-state index in [0.29, 0.717) is 12.5 Å². The van der Waals surface area contributed by atoms with Gasteiger partial charge in [0.15, 0.2) is 0 Å². The summed E-state index contributed by atoms with van der Waals surface area (Å²) in [5.41, 5.74) is 1.18. The van der Waals surface area contributed by atoms with E-state index in [9.17, 15) is 4.79 Å². The number of fused-ring (bicyclic) bond motifs is 1. The smallest absolute Gasteiger partial charge is 0.331 e. The maximum absolute atomic E-state index is 11.4. The first-order chi connectivity index (χ1) is 7.31. The lowest BCUT2D eigenvalue weighted by Crippen LogP contribution is -2.14. The van der Waals surface area contributed by atoms with Crippen LogP contribution in [0.15, 0.2) is 23.8 Å². The molecule has 0 aliphatic heterocycles. The maximum Gasteiger partial charge on any atom is 0.331 e. The number of rotatable bonds is 2. The normalized spacial score (nSPS) is 31.7. The molecule has 1 fully saturated rings. The third-order valence-electron chi connectivity index (χ3n) is 3.41. The zero-order chi connectivity index (χ0) is 10.7. The van der Waals surface area contributed by atoms with Crippen LogP contribution in [0, 0.1) is 11.8 Å². The minimum atomic E-state index is -0.190. The molecule has 0 aromatic carbocycles. The minimum absolute atomic E-state index is 0.190. The second-order valence-electron chi connectivity index (χ2n) is 4.33. The van der Waals surface area contributed by atoms with Crippen LogP contribution in [0.1, 0.15) is 32.6 Å². The number of carbonyl (C=O) groups is 1. The zero-order valence-electron chi connectivity index (χ0n) is 9.24. The van der Waals surface area contributed by atoms with Gasteiger partial charge in [0.1, 0.15) is 0 Å². The molecule has 82 valence electrons. The molecule has 2 atom stereocenters. The van der Waals surface area contributed by atoms with Gasteiger partial charge in [0.25, 0.3) is 0 Å². The SMILES string of the molecule is CCOC(=O)C=C1C=CC[C@H]2CCC[C@@H]12. The molecule has 0 heterocycles. The van der Waals surface area contributed by atoms with Crippen LogP contribution >= 0.6 is 0 Å². The van der Waals surface area contributed by atoms with E-state index in [1.807, 2.05) is 6.92 Å². The summed E-state index contributed by atoms with van der Waals surface area (Å²) < 4.78 is 4.94. The van der Waals surface area contributed by atoms with Crippen LogP contribution in [-0.2, 0) is 9.53 Å². The Kier molecular flexibility index (Phi) is 3.24. The number of carbonyl (C=O) groups excluding carboxylic acids is 1. The molecule has 2 aliphatic rings. The lowest BCUT2D eigenvalue weighted by Gasteiger charge is -2.23. The molecule has 2 rings (SSSR count). The first kappa shape index (κ1) is 10.5. The second-order valence-corrected chi connectivity index (χ2v) is 4.33. The van der Waals surface area contributed by atoms with Crippen LogP contribution < -0.4 is 0 Å². The molecule has 0 radical (unpaired) electrons. The van der Waals surface area contributed by atoms with Crippen molar-refractivity contribution in [2.45, 2.75) is 32.6 Å². The minimum Gasteiger partial charge on any atom is -0.463 e. The predicted octanol–water partition coefficient (Wildman–Crippen LogP) is 2.85. The van der Waals surface area contributed by atoms with Crippen LogP contribution in [-0.4, -0.2) is 12.6 Å². The first-order valence-corrected chi connectivity index (χ1v) is 5.86. The molecule has 15 heavy (non-hydrogen) atoms. The number of hydrogen-bond donors (Lipinski definition) is 0. The summed E-state index contributed by atoms with van der Waals surface area (Å²) in [7, 11) is 0. The Morgan fingerprint density at radius 1 is 1.60 bits per heavy atom. The number of hydrogen-bond acceptors (Lipinski definition) is 2. The van der Waals surface area contributed by atoms with Gasteiger partial charge in [-0.25, -0.2) is 4.79 Å². The standard InChI is InChI=1S/C13H18O2/c1-2-15-13(14)9-11-7-3-5-10-6-4-8-12(10)11/h3,7,9-10,12H,2,4-6,8H2,1H3/t10-,12+/m0/s1. The van der Waals surface area contributed by atoms with Crippen molar-refractivity contribution in [3.63, 3.8) is 0 Å². The van der Waals surface area contributed by atoms with E-state index in [4.69, 9.17) is 4.74 Å². The Hall–Kier alpha value is -1.05. The average Bonchev–Trinajstić information content (AvgIpc) is 2.67. The summed E-state index contributed by atoms with van der Waals surface area (Å²) in [6.07, 6.45) is 11.0. The fraction of sp³-hybridized carbons (Fsp3) is 0.615. The molecule has 0 aromatic heterocycles. The van der Waals surface area contributed by atoms with Crippen LogP contribution in [0.5, 0.6) is 0 Å². The fourth-order valence-corrected chi connectivity index (χ4v) is 2.74. The Morgan fingerprint density at radius 3 is 3.27 bits per heavy atom. The molecular formula is C13H18O2. The van der Waals surface area contributed by atoms with E-state index >= 15 is 0 Å². The van der Waals surface area contributed by atoms with Crippen LogP contribution in [0.25, 0.3) is 0 Å². The average molecular weight is 206 g/mol. The fourth-order valence-electron chi connectivity index (χ4n) is 2.74. The van der Waals surface area contributed by atoms with Gasteiger partial charge in [-0.05, 0) is 43.6 Å². The number of esters is 1. The molecule has 0 amide bonds. The van der Waals surface area contributed by atoms with Gasteiger partial charge >= 0.3 is 5.97 Å². The summed E-state index contributed by atoms with van der Waals surface area (Å²) in [6, 6.07) is 0. The summed E-state index contributed by atoms with van der Waals surface area (Å²) in [4.78, 5) is 11.4. The van der Waals surface area contributed by atoms with Crippen molar-refractivity contribution in [2.24, 2.45) is 11.8 Å². The third kappa shape index (κ3) is 2.31. The number of ether oxygens (including phenoxy) is 1. The summed E-state index contributed by atoms with van der Waals surface area (Å²) in [5.74, 6) is 1.19. The van der Waals surface area contributed by atoms with Gasteiger partial charge < -0.3 is 4.74 Å². The number of allylic oxidation sites excluding steroid dienone is 3. The molecule has 0 unspecified atom stereocenters. The molecule has 2 heteroatoms. The molecule has 0 N–H and O–H groups in total. The Balaban J connectivity index is 2.10. The van der Waals surface area contributed by atoms with E-state index in [2.05, 4.69) is 12.2 Å². The highest BCUT2D eigenvalue weighted by Crippen LogP contribution is 2.42. The van der Waals surface area contributed by atoms with E-state index in [-0.39, 0.29) is 5.97 Å². The lowest BCUT2D eigenvalue weighted by molar-refractivity contribution is -0.137. The monoisotopic (exact) mass is 206 g/mol. The molecule has 1 saturated carbocycles. The summed E-state index contributed by atoms with van der Waals surface area (Å²) in [6.45, 7) is 2.30. The summed E-state index contributed by atoms with van der Waals surface area (Å²) in [5, 5.41) is 0. The topological polar surface area (TPSA) is 26.3 Å². The lowest BCUT2D eigenvalue weighted by atomic mass is 9.82. The predicted molar refractivity (Wildman–Crippen MR) is 59.3 cm³/mol. The molecule has 2 aliphatic carbocycles. The molecule has 0 saturated heterocycles. The largest absolute Gasteiger partial charge is 0.463 e. The van der Waals surface area contributed by atoms with Crippen molar-refractivity contribution in [2.75, 3.05) is 6.61 Å². The molecule has 2 nitrogen and oxygen atoms in total. The van der Waals surface area contributed by atoms with Crippen molar-refractivity contribution in [1.82, 2.24) is 0 Å². The van der Waals surface area contributed by atoms with E-state index in [0.717, 1.165) is 5.92 Å². The Labute approximate surface area is 91.0 Å². The van der Waals surface area contributed by atoms with Gasteiger partial charge in [0, 0.05) is 6.08 Å². The second kappa shape index (κ2) is 4.65. The molecular weight excluding hydrogens is 188 g/mol. The van der Waals surface area contributed by atoms with Crippen LogP contribution in [0.3, 0.4) is 0 Å². The highest BCUT2D eigenvalue weighted by Gasteiger charge is 2.30. The molecule has 0 aromatic rings. The van der Waals surface area contributed by atoms with Gasteiger partial charge in [-0.15, -0.1) is 0 Å². The van der Waals surface area contributed by atoms with Gasteiger partial charge in [0.2, 0.25) is 0 Å². The van der Waals surface area contributed by atoms with E-state index in [1.165, 1.54) is 31.3 Å². The highest BCUT2D eigenvalue weighted by atomic mass is 16.5. The van der Waals surface area contributed by atoms with Crippen molar-refractivity contribution in [3.8, 4) is 0 Å². The van der Waals surface area contributed by atoms with E-state index < -0.39 is 0 Å². The third-order valence-corrected chi connectivity index (χ3v) is 3.41. The van der Waals surface area contributed by atoms with Crippen molar-refractivity contribution < 1.29 is 9.53 Å². The summed E-state index contributed by atoms with van der Waals surface area (Å²) >= 11 is 0. The van der Waals surface area contributed by atoms with E-state index in [1.54, 1.807) is 6.08 Å².